The Morgan fingerprint density at radius 3 is 2.24 bits per heavy atom. The number of rotatable bonds is 14. The fourth-order valence-corrected chi connectivity index (χ4v) is 6.78. The van der Waals surface area contributed by atoms with Crippen LogP contribution in [0.15, 0.2) is 78.9 Å². The molecule has 13 nitrogen and oxygen atoms in total. The first-order valence-electron chi connectivity index (χ1n) is 16.1. The molecule has 1 fully saturated rings. The van der Waals surface area contributed by atoms with Crippen LogP contribution in [0.1, 0.15) is 42.5 Å². The third-order valence-corrected chi connectivity index (χ3v) is 9.88. The van der Waals surface area contributed by atoms with Gasteiger partial charge < -0.3 is 42.2 Å². The molecule has 0 unspecified atom stereocenters. The predicted octanol–water partition coefficient (Wildman–Crippen LogP) is 2.13. The van der Waals surface area contributed by atoms with Crippen molar-refractivity contribution in [2.75, 3.05) is 11.6 Å². The second-order valence-corrected chi connectivity index (χ2v) is 14.2. The van der Waals surface area contributed by atoms with E-state index in [0.717, 1.165) is 11.1 Å². The van der Waals surface area contributed by atoms with Gasteiger partial charge in [-0.05, 0) is 55.5 Å². The molecular formula is C36H44N6O7S. The van der Waals surface area contributed by atoms with E-state index >= 15 is 0 Å². The average molecular weight is 705 g/mol. The van der Waals surface area contributed by atoms with Crippen LogP contribution in [0.2, 0.25) is 0 Å². The third-order valence-electron chi connectivity index (χ3n) is 8.51. The summed E-state index contributed by atoms with van der Waals surface area (Å²) in [6.07, 6.45) is -3.33. The number of carbonyl (C=O) groups is 5. The lowest BCUT2D eigenvalue weighted by atomic mass is 9.96. The molecule has 3 aromatic carbocycles. The second kappa shape index (κ2) is 17.0. The summed E-state index contributed by atoms with van der Waals surface area (Å²) in [6.45, 7) is 5.64. The number of carbonyl (C=O) groups excluding carboxylic acids is 5. The van der Waals surface area contributed by atoms with E-state index in [1.807, 2.05) is 32.9 Å². The SMILES string of the molecule is Cc1c(N)cccc1CNC(=O)[C@H]1N(C(=O)[C@@H](O)[C@H](Cc2ccccc2)NC(=O)[C@H](CC(N)=O)NC(=O)OCc2ccccc2)CSC1(C)C. The van der Waals surface area contributed by atoms with E-state index in [1.165, 1.54) is 16.7 Å². The molecule has 4 rings (SSSR count). The van der Waals surface area contributed by atoms with Crippen LogP contribution in [0.25, 0.3) is 0 Å². The van der Waals surface area contributed by atoms with Gasteiger partial charge in [-0.25, -0.2) is 4.79 Å². The number of amides is 5. The molecule has 0 aliphatic carbocycles. The molecule has 14 heteroatoms. The Hall–Kier alpha value is -5.08. The van der Waals surface area contributed by atoms with Gasteiger partial charge in [-0.2, -0.15) is 0 Å². The van der Waals surface area contributed by atoms with Crippen molar-refractivity contribution in [3.63, 3.8) is 0 Å². The number of anilines is 1. The molecule has 50 heavy (non-hydrogen) atoms. The summed E-state index contributed by atoms with van der Waals surface area (Å²) in [5.74, 6) is -2.81. The molecule has 4 atom stereocenters. The number of hydrogen-bond donors (Lipinski definition) is 6. The number of nitrogen functional groups attached to an aromatic ring is 1. The molecule has 266 valence electrons. The zero-order valence-electron chi connectivity index (χ0n) is 28.3. The molecule has 1 heterocycles. The van der Waals surface area contributed by atoms with Gasteiger partial charge in [-0.15, -0.1) is 11.8 Å². The number of aliphatic hydroxyl groups excluding tert-OH is 1. The van der Waals surface area contributed by atoms with Crippen LogP contribution < -0.4 is 27.4 Å². The number of nitrogens with zero attached hydrogens (tertiary/aromatic N) is 1. The first-order chi connectivity index (χ1) is 23.8. The molecule has 0 radical (unpaired) electrons. The van der Waals surface area contributed by atoms with E-state index < -0.39 is 65.1 Å². The van der Waals surface area contributed by atoms with E-state index in [1.54, 1.807) is 66.7 Å². The summed E-state index contributed by atoms with van der Waals surface area (Å²) in [5.41, 5.74) is 15.1. The molecule has 1 aliphatic heterocycles. The zero-order valence-corrected chi connectivity index (χ0v) is 29.1. The van der Waals surface area contributed by atoms with E-state index in [-0.39, 0.29) is 25.4 Å². The van der Waals surface area contributed by atoms with Crippen molar-refractivity contribution in [2.45, 2.75) is 75.7 Å². The number of nitrogens with two attached hydrogens (primary N) is 2. The fourth-order valence-electron chi connectivity index (χ4n) is 5.64. The van der Waals surface area contributed by atoms with Crippen molar-refractivity contribution in [3.8, 4) is 0 Å². The molecule has 1 aliphatic rings. The molecule has 0 bridgehead atoms. The topological polar surface area (TPSA) is 206 Å². The minimum Gasteiger partial charge on any atom is -0.445 e. The number of aliphatic hydroxyl groups is 1. The molecule has 3 aromatic rings. The van der Waals surface area contributed by atoms with Gasteiger partial charge in [0.15, 0.2) is 6.10 Å². The number of thioether (sulfide) groups is 1. The highest BCUT2D eigenvalue weighted by atomic mass is 32.2. The molecule has 8 N–H and O–H groups in total. The van der Waals surface area contributed by atoms with Gasteiger partial charge >= 0.3 is 6.09 Å². The average Bonchev–Trinajstić information content (AvgIpc) is 3.41. The van der Waals surface area contributed by atoms with Crippen molar-refractivity contribution in [2.24, 2.45) is 5.73 Å². The lowest BCUT2D eigenvalue weighted by Crippen LogP contribution is -2.60. The van der Waals surface area contributed by atoms with Crippen molar-refractivity contribution < 1.29 is 33.8 Å². The molecule has 0 saturated carbocycles. The van der Waals surface area contributed by atoms with Crippen LogP contribution in [0.3, 0.4) is 0 Å². The quantitative estimate of drug-likeness (QED) is 0.136. The van der Waals surface area contributed by atoms with Crippen LogP contribution in [-0.4, -0.2) is 74.6 Å². The highest BCUT2D eigenvalue weighted by Gasteiger charge is 2.50. The Labute approximate surface area is 295 Å². The summed E-state index contributed by atoms with van der Waals surface area (Å²) < 4.78 is 4.51. The molecule has 1 saturated heterocycles. The number of hydrogen-bond acceptors (Lipinski definition) is 9. The highest BCUT2D eigenvalue weighted by molar-refractivity contribution is 8.00. The smallest absolute Gasteiger partial charge is 0.408 e. The largest absolute Gasteiger partial charge is 0.445 e. The second-order valence-electron chi connectivity index (χ2n) is 12.6. The number of benzene rings is 3. The predicted molar refractivity (Wildman–Crippen MR) is 190 cm³/mol. The Balaban J connectivity index is 1.51. The summed E-state index contributed by atoms with van der Waals surface area (Å²) in [5, 5.41) is 19.5. The van der Waals surface area contributed by atoms with E-state index in [2.05, 4.69) is 16.0 Å². The zero-order chi connectivity index (χ0) is 36.4. The van der Waals surface area contributed by atoms with Crippen molar-refractivity contribution in [1.82, 2.24) is 20.9 Å². The van der Waals surface area contributed by atoms with Gasteiger partial charge in [0.1, 0.15) is 18.7 Å². The normalized spacial score (nSPS) is 16.8. The lowest BCUT2D eigenvalue weighted by molar-refractivity contribution is -0.148. The third kappa shape index (κ3) is 9.98. The van der Waals surface area contributed by atoms with Gasteiger partial charge in [0.25, 0.3) is 5.91 Å². The van der Waals surface area contributed by atoms with Crippen LogP contribution in [-0.2, 0) is 43.5 Å². The fraction of sp³-hybridized carbons (Fsp3) is 0.361. The van der Waals surface area contributed by atoms with Crippen LogP contribution in [0.4, 0.5) is 10.5 Å². The molecule has 0 aromatic heterocycles. The summed E-state index contributed by atoms with van der Waals surface area (Å²) in [6, 6.07) is 19.5. The minimum absolute atomic E-state index is 0.0111. The number of ether oxygens (including phenoxy) is 1. The van der Waals surface area contributed by atoms with E-state index in [0.29, 0.717) is 16.8 Å². The Kier molecular flexibility index (Phi) is 12.9. The molecular weight excluding hydrogens is 660 g/mol. The van der Waals surface area contributed by atoms with E-state index in [9.17, 15) is 29.1 Å². The maximum Gasteiger partial charge on any atom is 0.408 e. The first kappa shape index (κ1) is 37.7. The molecule has 5 amide bonds. The standard InChI is InChI=1S/C36H44N6O7S/c1-22-25(15-10-16-26(22)37)19-39-33(46)31-36(2,3)50-21-42(31)34(47)30(44)27(17-23-11-6-4-7-12-23)40-32(45)28(18-29(38)43)41-35(48)49-20-24-13-8-5-9-14-24/h4-16,27-28,30-31,44H,17-21,37H2,1-3H3,(H2,38,43)(H,39,46)(H,40,45)(H,41,48)/t27-,28-,30-,31+/m0/s1. The van der Waals surface area contributed by atoms with Crippen LogP contribution >= 0.6 is 11.8 Å². The Bertz CT molecular complexity index is 1670. The van der Waals surface area contributed by atoms with Crippen LogP contribution in [0, 0.1) is 6.92 Å². The highest BCUT2D eigenvalue weighted by Crippen LogP contribution is 2.40. The maximum absolute atomic E-state index is 14.0. The Morgan fingerprint density at radius 1 is 0.960 bits per heavy atom. The van der Waals surface area contributed by atoms with Crippen molar-refractivity contribution >= 4 is 47.2 Å². The summed E-state index contributed by atoms with van der Waals surface area (Å²) >= 11 is 1.38. The van der Waals surface area contributed by atoms with Crippen molar-refractivity contribution in [3.05, 3.63) is 101 Å². The van der Waals surface area contributed by atoms with Gasteiger partial charge in [0, 0.05) is 17.0 Å². The summed E-state index contributed by atoms with van der Waals surface area (Å²) in [4.78, 5) is 67.1. The van der Waals surface area contributed by atoms with E-state index in [4.69, 9.17) is 16.2 Å². The maximum atomic E-state index is 14.0. The number of alkyl carbamates (subject to hydrolysis) is 1. The van der Waals surface area contributed by atoms with Gasteiger partial charge in [0.05, 0.1) is 18.3 Å². The van der Waals surface area contributed by atoms with Gasteiger partial charge in [0.2, 0.25) is 17.7 Å². The minimum atomic E-state index is -1.81. The lowest BCUT2D eigenvalue weighted by Gasteiger charge is -2.33. The number of nitrogens with one attached hydrogen (secondary N) is 3. The number of primary amides is 1. The Morgan fingerprint density at radius 2 is 1.60 bits per heavy atom. The molecule has 0 spiro atoms. The van der Waals surface area contributed by atoms with Crippen molar-refractivity contribution in [1.29, 1.82) is 0 Å². The van der Waals surface area contributed by atoms with Gasteiger partial charge in [-0.3, -0.25) is 19.2 Å². The summed E-state index contributed by atoms with van der Waals surface area (Å²) in [7, 11) is 0. The first-order valence-corrected chi connectivity index (χ1v) is 17.1. The van der Waals surface area contributed by atoms with Crippen LogP contribution in [0.5, 0.6) is 0 Å². The monoisotopic (exact) mass is 704 g/mol. The van der Waals surface area contributed by atoms with Gasteiger partial charge in [-0.1, -0.05) is 72.8 Å².